The molecule has 186 valence electrons. The van der Waals surface area contributed by atoms with Gasteiger partial charge in [-0.05, 0) is 68.1 Å². The first kappa shape index (κ1) is 24.4. The van der Waals surface area contributed by atoms with E-state index in [9.17, 15) is 35.9 Å². The number of carbonyl (C=O) groups is 2. The number of rotatable bonds is 2. The van der Waals surface area contributed by atoms with Crippen molar-refractivity contribution in [1.29, 1.82) is 0 Å². The van der Waals surface area contributed by atoms with E-state index in [1.165, 1.54) is 0 Å². The molecule has 10 heteroatoms. The largest absolute Gasteiger partial charge is 0.490 e. The first-order valence-corrected chi connectivity index (χ1v) is 11.4. The maximum Gasteiger partial charge on any atom is 0.490 e. The van der Waals surface area contributed by atoms with Gasteiger partial charge < -0.3 is 9.47 Å². The van der Waals surface area contributed by atoms with E-state index in [1.807, 2.05) is 13.0 Å². The smallest absolute Gasteiger partial charge is 0.455 e. The van der Waals surface area contributed by atoms with E-state index in [4.69, 9.17) is 9.47 Å². The van der Waals surface area contributed by atoms with E-state index in [0.717, 1.165) is 12.0 Å². The molecule has 0 bridgehead atoms. The Balaban J connectivity index is 1.49. The molecule has 0 radical (unpaired) electrons. The van der Waals surface area contributed by atoms with Crippen LogP contribution in [0.15, 0.2) is 11.6 Å². The van der Waals surface area contributed by atoms with Crippen molar-refractivity contribution >= 4 is 11.9 Å². The molecule has 7 atom stereocenters. The molecule has 0 aromatic carbocycles. The topological polar surface area (TPSA) is 52.6 Å². The van der Waals surface area contributed by atoms with Crippen molar-refractivity contribution in [1.82, 2.24) is 0 Å². The van der Waals surface area contributed by atoms with Crippen molar-refractivity contribution in [2.75, 3.05) is 0 Å². The van der Waals surface area contributed by atoms with Crippen LogP contribution in [0.25, 0.3) is 0 Å². The summed E-state index contributed by atoms with van der Waals surface area (Å²) in [5.74, 6) is -3.74. The fourth-order valence-corrected chi connectivity index (χ4v) is 7.29. The minimum absolute atomic E-state index is 0.109. The Morgan fingerprint density at radius 1 is 0.879 bits per heavy atom. The number of carbonyl (C=O) groups excluding carboxylic acids is 2. The maximum absolute atomic E-state index is 12.8. The van der Waals surface area contributed by atoms with Gasteiger partial charge in [0.2, 0.25) is 0 Å². The first-order valence-electron chi connectivity index (χ1n) is 11.4. The molecular weight excluding hydrogens is 454 g/mol. The number of fused-ring (bicyclic) bond motifs is 5. The van der Waals surface area contributed by atoms with Gasteiger partial charge in [0.15, 0.2) is 0 Å². The average Bonchev–Trinajstić information content (AvgIpc) is 3.03. The SMILES string of the molecule is C[C@]12CC[C@H](OC(=O)C(F)(F)F)CC1=CCC1C2CC[C@@]2(C)C1CC[C@H]2OC(=O)C(F)(F)F. The first-order chi connectivity index (χ1) is 15.2. The van der Waals surface area contributed by atoms with Crippen LogP contribution in [0.3, 0.4) is 0 Å². The summed E-state index contributed by atoms with van der Waals surface area (Å²) in [6.07, 6.45) is -5.24. The minimum Gasteiger partial charge on any atom is -0.455 e. The van der Waals surface area contributed by atoms with Crippen molar-refractivity contribution in [3.63, 3.8) is 0 Å². The van der Waals surface area contributed by atoms with E-state index in [0.29, 0.717) is 38.5 Å². The van der Waals surface area contributed by atoms with Gasteiger partial charge in [0.1, 0.15) is 12.2 Å². The van der Waals surface area contributed by atoms with Crippen LogP contribution in [0.4, 0.5) is 26.3 Å². The van der Waals surface area contributed by atoms with Gasteiger partial charge in [0.05, 0.1) is 0 Å². The monoisotopic (exact) mass is 482 g/mol. The molecule has 4 aliphatic rings. The van der Waals surface area contributed by atoms with Crippen molar-refractivity contribution < 1.29 is 45.4 Å². The summed E-state index contributed by atoms with van der Waals surface area (Å²) in [5.41, 5.74) is 0.242. The summed E-state index contributed by atoms with van der Waals surface area (Å²) in [6, 6.07) is 0. The second-order valence-electron chi connectivity index (χ2n) is 10.5. The van der Waals surface area contributed by atoms with E-state index >= 15 is 0 Å². The molecule has 0 N–H and O–H groups in total. The van der Waals surface area contributed by atoms with Gasteiger partial charge in [-0.3, -0.25) is 0 Å². The van der Waals surface area contributed by atoms with Crippen LogP contribution in [0.5, 0.6) is 0 Å². The normalized spacial score (nSPS) is 40.7. The quantitative estimate of drug-likeness (QED) is 0.280. The second kappa shape index (κ2) is 7.90. The molecule has 4 rings (SSSR count). The second-order valence-corrected chi connectivity index (χ2v) is 10.5. The summed E-state index contributed by atoms with van der Waals surface area (Å²) in [6.45, 7) is 4.03. The van der Waals surface area contributed by atoms with Gasteiger partial charge >= 0.3 is 24.3 Å². The standard InChI is InChI=1S/C23H28F6O4/c1-20-9-7-13(32-18(30)22(24,25)26)11-12(20)3-4-14-15-5-6-17(33-19(31)23(27,28)29)21(15,2)10-8-16(14)20/h3,13-17H,4-11H2,1-2H3/t13-,14?,15?,16?,17+,20-,21-/m0/s1. The van der Waals surface area contributed by atoms with Crippen LogP contribution in [0.1, 0.15) is 65.2 Å². The predicted molar refractivity (Wildman–Crippen MR) is 104 cm³/mol. The van der Waals surface area contributed by atoms with Crippen molar-refractivity contribution in [2.24, 2.45) is 28.6 Å². The van der Waals surface area contributed by atoms with Crippen LogP contribution in [0, 0.1) is 28.6 Å². The summed E-state index contributed by atoms with van der Waals surface area (Å²) in [4.78, 5) is 22.7. The number of hydrogen-bond acceptors (Lipinski definition) is 4. The number of halogens is 6. The zero-order valence-electron chi connectivity index (χ0n) is 18.5. The molecule has 0 amide bonds. The van der Waals surface area contributed by atoms with Crippen molar-refractivity contribution in [3.05, 3.63) is 11.6 Å². The Kier molecular flexibility index (Phi) is 5.84. The molecule has 4 aliphatic carbocycles. The van der Waals surface area contributed by atoms with Gasteiger partial charge in [-0.2, -0.15) is 26.3 Å². The zero-order chi connectivity index (χ0) is 24.4. The van der Waals surface area contributed by atoms with Crippen LogP contribution in [-0.4, -0.2) is 36.5 Å². The fourth-order valence-electron chi connectivity index (χ4n) is 7.29. The van der Waals surface area contributed by atoms with Crippen LogP contribution in [-0.2, 0) is 19.1 Å². The lowest BCUT2D eigenvalue weighted by atomic mass is 9.48. The molecule has 3 saturated carbocycles. The van der Waals surface area contributed by atoms with E-state index < -0.39 is 41.9 Å². The average molecular weight is 482 g/mol. The summed E-state index contributed by atoms with van der Waals surface area (Å²) in [7, 11) is 0. The molecule has 0 spiro atoms. The Hall–Kier alpha value is -1.74. The van der Waals surface area contributed by atoms with Gasteiger partial charge in [-0.1, -0.05) is 25.5 Å². The number of hydrogen-bond donors (Lipinski definition) is 0. The molecule has 4 nitrogen and oxygen atoms in total. The van der Waals surface area contributed by atoms with E-state index in [1.54, 1.807) is 0 Å². The highest BCUT2D eigenvalue weighted by molar-refractivity contribution is 5.76. The maximum atomic E-state index is 12.8. The summed E-state index contributed by atoms with van der Waals surface area (Å²) < 4.78 is 85.7. The lowest BCUT2D eigenvalue weighted by Crippen LogP contribution is -2.52. The van der Waals surface area contributed by atoms with Gasteiger partial charge in [-0.15, -0.1) is 0 Å². The Bertz CT molecular complexity index is 849. The molecule has 0 saturated heterocycles. The third kappa shape index (κ3) is 4.16. The Morgan fingerprint density at radius 2 is 1.52 bits per heavy atom. The Morgan fingerprint density at radius 3 is 2.15 bits per heavy atom. The van der Waals surface area contributed by atoms with Gasteiger partial charge in [0, 0.05) is 11.8 Å². The van der Waals surface area contributed by atoms with Gasteiger partial charge in [-0.25, -0.2) is 9.59 Å². The third-order valence-electron chi connectivity index (χ3n) is 8.96. The summed E-state index contributed by atoms with van der Waals surface area (Å²) in [5, 5.41) is 0. The lowest BCUT2D eigenvalue weighted by molar-refractivity contribution is -0.211. The molecule has 0 heterocycles. The molecule has 0 aliphatic heterocycles. The molecule has 0 aromatic rings. The third-order valence-corrected chi connectivity index (χ3v) is 8.96. The Labute approximate surface area is 188 Å². The highest BCUT2D eigenvalue weighted by Crippen LogP contribution is 2.65. The lowest BCUT2D eigenvalue weighted by Gasteiger charge is -2.57. The van der Waals surface area contributed by atoms with Crippen molar-refractivity contribution in [3.8, 4) is 0 Å². The zero-order valence-corrected chi connectivity index (χ0v) is 18.5. The highest BCUT2D eigenvalue weighted by atomic mass is 19.4. The number of alkyl halides is 6. The summed E-state index contributed by atoms with van der Waals surface area (Å²) >= 11 is 0. The number of allylic oxidation sites excluding steroid dienone is 1. The predicted octanol–water partition coefficient (Wildman–Crippen LogP) is 5.90. The van der Waals surface area contributed by atoms with E-state index in [2.05, 4.69) is 6.92 Å². The number of ether oxygens (including phenoxy) is 2. The highest BCUT2D eigenvalue weighted by Gasteiger charge is 2.60. The van der Waals surface area contributed by atoms with Gasteiger partial charge in [0.25, 0.3) is 0 Å². The minimum atomic E-state index is -5.02. The molecule has 3 fully saturated rings. The molecule has 3 unspecified atom stereocenters. The molecule has 33 heavy (non-hydrogen) atoms. The van der Waals surface area contributed by atoms with Crippen LogP contribution >= 0.6 is 0 Å². The van der Waals surface area contributed by atoms with Crippen LogP contribution in [0.2, 0.25) is 0 Å². The van der Waals surface area contributed by atoms with E-state index in [-0.39, 0.29) is 29.6 Å². The molecule has 0 aromatic heterocycles. The van der Waals surface area contributed by atoms with Crippen LogP contribution < -0.4 is 0 Å². The molecular formula is C23H28F6O4. The fraction of sp³-hybridized carbons (Fsp3) is 0.826. The van der Waals surface area contributed by atoms with Crippen molar-refractivity contribution in [2.45, 2.75) is 89.8 Å². The number of esters is 2.